The normalized spacial score (nSPS) is 11.1. The van der Waals surface area contributed by atoms with Gasteiger partial charge in [0, 0.05) is 24.1 Å². The van der Waals surface area contributed by atoms with Crippen molar-refractivity contribution in [1.29, 1.82) is 0 Å². The van der Waals surface area contributed by atoms with Crippen molar-refractivity contribution in [2.45, 2.75) is 6.42 Å². The molecule has 14 heavy (non-hydrogen) atoms. The summed E-state index contributed by atoms with van der Waals surface area (Å²) < 4.78 is 2.93. The van der Waals surface area contributed by atoms with Crippen LogP contribution in [0.1, 0.15) is 5.82 Å². The number of aryl methyl sites for hydroxylation is 1. The molecule has 2 aromatic heterocycles. The van der Waals surface area contributed by atoms with Crippen molar-refractivity contribution in [3.8, 4) is 0 Å². The van der Waals surface area contributed by atoms with E-state index in [0.29, 0.717) is 6.54 Å². The molecule has 2 heterocycles. The number of nitrogens with two attached hydrogens (primary N) is 1. The number of hydrogen-bond donors (Lipinski definition) is 1. The van der Waals surface area contributed by atoms with Crippen LogP contribution in [0.15, 0.2) is 16.7 Å². The topological polar surface area (TPSA) is 56.7 Å². The van der Waals surface area contributed by atoms with E-state index in [1.54, 1.807) is 6.20 Å². The third-order valence-electron chi connectivity index (χ3n) is 2.14. The predicted octanol–water partition coefficient (Wildman–Crippen LogP) is 1.23. The summed E-state index contributed by atoms with van der Waals surface area (Å²) in [6.07, 6.45) is 2.56. The van der Waals surface area contributed by atoms with E-state index in [1.807, 2.05) is 17.7 Å². The quantitative estimate of drug-likeness (QED) is 0.878. The Morgan fingerprint density at radius 3 is 3.07 bits per heavy atom. The summed E-state index contributed by atoms with van der Waals surface area (Å²) in [5, 5.41) is 0. The first-order valence-corrected chi connectivity index (χ1v) is 5.18. The number of hydrogen-bond acceptors (Lipinski definition) is 3. The highest BCUT2D eigenvalue weighted by atomic mass is 79.9. The summed E-state index contributed by atoms with van der Waals surface area (Å²) in [6.45, 7) is 0.609. The van der Waals surface area contributed by atoms with Gasteiger partial charge in [-0.1, -0.05) is 0 Å². The van der Waals surface area contributed by atoms with E-state index in [2.05, 4.69) is 25.9 Å². The summed E-state index contributed by atoms with van der Waals surface area (Å²) in [5.74, 6) is 0.980. The molecule has 0 atom stereocenters. The van der Waals surface area contributed by atoms with Crippen LogP contribution in [0.2, 0.25) is 0 Å². The SMILES string of the molecule is Cn1c(CCN)nc2cc(Br)cnc21. The maximum absolute atomic E-state index is 5.50. The average Bonchev–Trinajstić information content (AvgIpc) is 2.44. The van der Waals surface area contributed by atoms with Crippen LogP contribution in [0, 0.1) is 0 Å². The molecule has 0 spiro atoms. The molecule has 0 aliphatic carbocycles. The molecule has 5 heteroatoms. The number of pyridine rings is 1. The minimum absolute atomic E-state index is 0.609. The van der Waals surface area contributed by atoms with Gasteiger partial charge in [0.15, 0.2) is 5.65 Å². The number of imidazole rings is 1. The van der Waals surface area contributed by atoms with Gasteiger partial charge in [-0.25, -0.2) is 9.97 Å². The summed E-state index contributed by atoms with van der Waals surface area (Å²) in [6, 6.07) is 1.96. The van der Waals surface area contributed by atoms with Crippen molar-refractivity contribution in [1.82, 2.24) is 14.5 Å². The summed E-state index contributed by atoms with van der Waals surface area (Å²) in [4.78, 5) is 8.75. The Kier molecular flexibility index (Phi) is 2.52. The predicted molar refractivity (Wildman–Crippen MR) is 59.0 cm³/mol. The van der Waals surface area contributed by atoms with E-state index < -0.39 is 0 Å². The van der Waals surface area contributed by atoms with Crippen LogP contribution in [0.25, 0.3) is 11.2 Å². The maximum atomic E-state index is 5.50. The molecule has 0 saturated carbocycles. The molecular weight excluding hydrogens is 244 g/mol. The second-order valence-corrected chi connectivity index (χ2v) is 4.04. The molecule has 0 fully saturated rings. The van der Waals surface area contributed by atoms with E-state index in [9.17, 15) is 0 Å². The Bertz CT molecular complexity index is 463. The zero-order valence-electron chi connectivity index (χ0n) is 7.87. The lowest BCUT2D eigenvalue weighted by Gasteiger charge is -1.98. The third-order valence-corrected chi connectivity index (χ3v) is 2.57. The minimum Gasteiger partial charge on any atom is -0.330 e. The third kappa shape index (κ3) is 1.53. The van der Waals surface area contributed by atoms with Crippen LogP contribution in [0.5, 0.6) is 0 Å². The van der Waals surface area contributed by atoms with Crippen LogP contribution in [0.3, 0.4) is 0 Å². The van der Waals surface area contributed by atoms with Gasteiger partial charge < -0.3 is 10.3 Å². The number of rotatable bonds is 2. The minimum atomic E-state index is 0.609. The van der Waals surface area contributed by atoms with Gasteiger partial charge >= 0.3 is 0 Å². The first kappa shape index (κ1) is 9.61. The van der Waals surface area contributed by atoms with Crippen LogP contribution in [-0.4, -0.2) is 21.1 Å². The molecule has 2 aromatic rings. The number of fused-ring (bicyclic) bond motifs is 1. The van der Waals surface area contributed by atoms with E-state index >= 15 is 0 Å². The highest BCUT2D eigenvalue weighted by Crippen LogP contribution is 2.17. The first-order valence-electron chi connectivity index (χ1n) is 4.39. The van der Waals surface area contributed by atoms with Crippen molar-refractivity contribution in [3.63, 3.8) is 0 Å². The number of aromatic nitrogens is 3. The van der Waals surface area contributed by atoms with Crippen molar-refractivity contribution < 1.29 is 0 Å². The van der Waals surface area contributed by atoms with E-state index in [-0.39, 0.29) is 0 Å². The Morgan fingerprint density at radius 1 is 1.57 bits per heavy atom. The van der Waals surface area contributed by atoms with Gasteiger partial charge in [-0.2, -0.15) is 0 Å². The smallest absolute Gasteiger partial charge is 0.159 e. The lowest BCUT2D eigenvalue weighted by atomic mass is 10.4. The lowest BCUT2D eigenvalue weighted by molar-refractivity contribution is 0.788. The average molecular weight is 255 g/mol. The van der Waals surface area contributed by atoms with Gasteiger partial charge in [0.05, 0.1) is 0 Å². The molecule has 0 amide bonds. The molecule has 0 bridgehead atoms. The van der Waals surface area contributed by atoms with Crippen molar-refractivity contribution in [2.75, 3.05) is 6.54 Å². The molecule has 0 saturated heterocycles. The van der Waals surface area contributed by atoms with Crippen molar-refractivity contribution in [3.05, 3.63) is 22.6 Å². The van der Waals surface area contributed by atoms with E-state index in [1.165, 1.54) is 0 Å². The summed E-state index contributed by atoms with van der Waals surface area (Å²) in [5.41, 5.74) is 7.31. The standard InChI is InChI=1S/C9H11BrN4/c1-14-8(2-3-11)13-7-4-6(10)5-12-9(7)14/h4-5H,2-3,11H2,1H3. The van der Waals surface area contributed by atoms with Gasteiger partial charge in [0.2, 0.25) is 0 Å². The number of halogens is 1. The maximum Gasteiger partial charge on any atom is 0.159 e. The summed E-state index contributed by atoms with van der Waals surface area (Å²) >= 11 is 3.37. The monoisotopic (exact) mass is 254 g/mol. The van der Waals surface area contributed by atoms with Crippen LogP contribution < -0.4 is 5.73 Å². The van der Waals surface area contributed by atoms with Crippen LogP contribution >= 0.6 is 15.9 Å². The highest BCUT2D eigenvalue weighted by molar-refractivity contribution is 9.10. The van der Waals surface area contributed by atoms with Gasteiger partial charge in [-0.05, 0) is 28.5 Å². The second-order valence-electron chi connectivity index (χ2n) is 3.12. The van der Waals surface area contributed by atoms with Crippen LogP contribution in [0.4, 0.5) is 0 Å². The second kappa shape index (κ2) is 3.67. The fourth-order valence-electron chi connectivity index (χ4n) is 1.45. The largest absolute Gasteiger partial charge is 0.330 e. The molecular formula is C9H11BrN4. The molecule has 4 nitrogen and oxygen atoms in total. The van der Waals surface area contributed by atoms with Crippen molar-refractivity contribution >= 4 is 27.1 Å². The molecule has 0 aliphatic rings. The lowest BCUT2D eigenvalue weighted by Crippen LogP contribution is -2.07. The fourth-order valence-corrected chi connectivity index (χ4v) is 1.77. The molecule has 2 rings (SSSR count). The van der Waals surface area contributed by atoms with E-state index in [0.717, 1.165) is 27.9 Å². The molecule has 0 unspecified atom stereocenters. The van der Waals surface area contributed by atoms with Gasteiger partial charge in [0.25, 0.3) is 0 Å². The summed E-state index contributed by atoms with van der Waals surface area (Å²) in [7, 11) is 1.96. The molecule has 0 radical (unpaired) electrons. The Morgan fingerprint density at radius 2 is 2.36 bits per heavy atom. The first-order chi connectivity index (χ1) is 6.72. The zero-order chi connectivity index (χ0) is 10.1. The molecule has 0 aliphatic heterocycles. The molecule has 2 N–H and O–H groups in total. The van der Waals surface area contributed by atoms with Gasteiger partial charge in [0.1, 0.15) is 11.3 Å². The Hall–Kier alpha value is -0.940. The Labute approximate surface area is 90.3 Å². The van der Waals surface area contributed by atoms with E-state index in [4.69, 9.17) is 5.73 Å². The van der Waals surface area contributed by atoms with Gasteiger partial charge in [-0.15, -0.1) is 0 Å². The Balaban J connectivity index is 2.61. The fraction of sp³-hybridized carbons (Fsp3) is 0.333. The molecule has 0 aromatic carbocycles. The van der Waals surface area contributed by atoms with Crippen LogP contribution in [-0.2, 0) is 13.5 Å². The van der Waals surface area contributed by atoms with Crippen molar-refractivity contribution in [2.24, 2.45) is 12.8 Å². The highest BCUT2D eigenvalue weighted by Gasteiger charge is 2.07. The van der Waals surface area contributed by atoms with Gasteiger partial charge in [-0.3, -0.25) is 0 Å². The zero-order valence-corrected chi connectivity index (χ0v) is 9.45. The molecule has 74 valence electrons. The number of nitrogens with zero attached hydrogens (tertiary/aromatic N) is 3.